The molecule has 10 nitrogen and oxygen atoms in total. The van der Waals surface area contributed by atoms with Gasteiger partial charge in [0.05, 0.1) is 36.5 Å². The second kappa shape index (κ2) is 9.92. The molecule has 0 spiro atoms. The Kier molecular flexibility index (Phi) is 7.88. The number of aromatic nitrogens is 2. The molecule has 1 aromatic rings. The summed E-state index contributed by atoms with van der Waals surface area (Å²) >= 11 is 0. The molecular formula is C14H19N7O3. The minimum atomic E-state index is -0.567. The van der Waals surface area contributed by atoms with E-state index in [1.54, 1.807) is 11.8 Å². The lowest BCUT2D eigenvalue weighted by atomic mass is 10.3. The highest BCUT2D eigenvalue weighted by Gasteiger charge is 2.27. The van der Waals surface area contributed by atoms with Crippen molar-refractivity contribution in [3.8, 4) is 12.1 Å². The van der Waals surface area contributed by atoms with Gasteiger partial charge in [-0.2, -0.15) is 10.5 Å². The molecular weight excluding hydrogens is 314 g/mol. The smallest absolute Gasteiger partial charge is 0.353 e. The van der Waals surface area contributed by atoms with Crippen LogP contribution in [0.2, 0.25) is 0 Å². The standard InChI is InChI=1S/C14H19N7O3/c1-11(9-24-2)19-13-12(21(22)23)14(18-10-17-13)20(7-3-5-15)8-4-6-16/h10-11H,3-4,7-9H2,1-2H3,(H,17,18,19). The molecule has 0 saturated heterocycles. The fourth-order valence-electron chi connectivity index (χ4n) is 2.09. The topological polar surface area (TPSA) is 141 Å². The minimum Gasteiger partial charge on any atom is -0.383 e. The largest absolute Gasteiger partial charge is 0.383 e. The highest BCUT2D eigenvalue weighted by atomic mass is 16.6. The van der Waals surface area contributed by atoms with Crippen LogP contribution in [0.25, 0.3) is 0 Å². The van der Waals surface area contributed by atoms with Gasteiger partial charge >= 0.3 is 5.69 Å². The van der Waals surface area contributed by atoms with Crippen LogP contribution in [0.1, 0.15) is 19.8 Å². The van der Waals surface area contributed by atoms with Gasteiger partial charge in [-0.15, -0.1) is 0 Å². The third kappa shape index (κ3) is 5.34. The number of rotatable bonds is 10. The zero-order valence-corrected chi connectivity index (χ0v) is 13.6. The van der Waals surface area contributed by atoms with E-state index in [1.807, 2.05) is 12.1 Å². The molecule has 24 heavy (non-hydrogen) atoms. The van der Waals surface area contributed by atoms with Crippen molar-refractivity contribution in [2.45, 2.75) is 25.8 Å². The Balaban J connectivity index is 3.21. The van der Waals surface area contributed by atoms with Crippen molar-refractivity contribution < 1.29 is 9.66 Å². The fraction of sp³-hybridized carbons (Fsp3) is 0.571. The molecule has 1 unspecified atom stereocenters. The van der Waals surface area contributed by atoms with E-state index in [0.29, 0.717) is 6.61 Å². The van der Waals surface area contributed by atoms with Gasteiger partial charge in [0.1, 0.15) is 6.33 Å². The molecule has 0 aliphatic heterocycles. The molecule has 0 fully saturated rings. The Morgan fingerprint density at radius 2 is 2.00 bits per heavy atom. The molecule has 128 valence electrons. The average Bonchev–Trinajstić information content (AvgIpc) is 2.54. The summed E-state index contributed by atoms with van der Waals surface area (Å²) in [5, 5.41) is 32.0. The maximum atomic E-state index is 11.5. The summed E-state index contributed by atoms with van der Waals surface area (Å²) < 4.78 is 5.00. The molecule has 0 aromatic carbocycles. The van der Waals surface area contributed by atoms with Crippen molar-refractivity contribution in [1.29, 1.82) is 10.5 Å². The summed E-state index contributed by atoms with van der Waals surface area (Å²) in [6, 6.07) is 3.78. The van der Waals surface area contributed by atoms with Gasteiger partial charge in [-0.05, 0) is 6.92 Å². The van der Waals surface area contributed by atoms with Crippen LogP contribution in [0, 0.1) is 32.8 Å². The highest BCUT2D eigenvalue weighted by molar-refractivity contribution is 5.70. The number of anilines is 2. The molecule has 0 amide bonds. The van der Waals surface area contributed by atoms with Gasteiger partial charge in [-0.1, -0.05) is 0 Å². The molecule has 0 bridgehead atoms. The van der Waals surface area contributed by atoms with Crippen molar-refractivity contribution in [3.05, 3.63) is 16.4 Å². The third-order valence-corrected chi connectivity index (χ3v) is 3.07. The van der Waals surface area contributed by atoms with E-state index in [2.05, 4.69) is 15.3 Å². The Labute approximate surface area is 139 Å². The van der Waals surface area contributed by atoms with Crippen LogP contribution >= 0.6 is 0 Å². The number of nitrogens with one attached hydrogen (secondary N) is 1. The molecule has 1 atom stereocenters. The summed E-state index contributed by atoms with van der Waals surface area (Å²) in [7, 11) is 1.53. The van der Waals surface area contributed by atoms with Gasteiger partial charge in [-0.25, -0.2) is 9.97 Å². The van der Waals surface area contributed by atoms with Gasteiger partial charge in [0, 0.05) is 26.2 Å². The molecule has 1 N–H and O–H groups in total. The van der Waals surface area contributed by atoms with Crippen LogP contribution in [-0.4, -0.2) is 47.7 Å². The molecule has 0 radical (unpaired) electrons. The molecule has 10 heteroatoms. The van der Waals surface area contributed by atoms with Gasteiger partial charge in [0.15, 0.2) is 0 Å². The third-order valence-electron chi connectivity index (χ3n) is 3.07. The normalized spacial score (nSPS) is 11.2. The van der Waals surface area contributed by atoms with Crippen LogP contribution in [0.4, 0.5) is 17.3 Å². The van der Waals surface area contributed by atoms with E-state index in [0.717, 1.165) is 0 Å². The SMILES string of the molecule is COCC(C)Nc1ncnc(N(CCC#N)CCC#N)c1[N+](=O)[O-]. The monoisotopic (exact) mass is 333 g/mol. The number of nitrogens with zero attached hydrogens (tertiary/aromatic N) is 6. The zero-order valence-electron chi connectivity index (χ0n) is 13.6. The molecule has 0 aliphatic rings. The van der Waals surface area contributed by atoms with Gasteiger partial charge < -0.3 is 15.0 Å². The second-order valence-electron chi connectivity index (χ2n) is 4.96. The maximum absolute atomic E-state index is 11.5. The molecule has 1 aromatic heterocycles. The Hall–Kier alpha value is -2.98. The zero-order chi connectivity index (χ0) is 17.9. The van der Waals surface area contributed by atoms with Crippen LogP contribution in [0.3, 0.4) is 0 Å². The van der Waals surface area contributed by atoms with E-state index in [-0.39, 0.29) is 49.3 Å². The molecule has 1 heterocycles. The van der Waals surface area contributed by atoms with Crippen LogP contribution < -0.4 is 10.2 Å². The maximum Gasteiger partial charge on any atom is 0.353 e. The fourth-order valence-corrected chi connectivity index (χ4v) is 2.09. The average molecular weight is 333 g/mol. The number of nitriles is 2. The summed E-state index contributed by atoms with van der Waals surface area (Å²) in [5.74, 6) is 0.168. The van der Waals surface area contributed by atoms with E-state index in [1.165, 1.54) is 13.4 Å². The second-order valence-corrected chi connectivity index (χ2v) is 4.96. The Bertz CT molecular complexity index is 620. The van der Waals surface area contributed by atoms with Crippen molar-refractivity contribution in [1.82, 2.24) is 9.97 Å². The first-order valence-electron chi connectivity index (χ1n) is 7.28. The van der Waals surface area contributed by atoms with Crippen molar-refractivity contribution in [2.24, 2.45) is 0 Å². The predicted molar refractivity (Wildman–Crippen MR) is 86.3 cm³/mol. The van der Waals surface area contributed by atoms with Crippen molar-refractivity contribution >= 4 is 17.3 Å². The van der Waals surface area contributed by atoms with Crippen LogP contribution in [0.15, 0.2) is 6.33 Å². The van der Waals surface area contributed by atoms with E-state index in [9.17, 15) is 10.1 Å². The van der Waals surface area contributed by atoms with E-state index in [4.69, 9.17) is 15.3 Å². The van der Waals surface area contributed by atoms with Gasteiger partial charge in [0.2, 0.25) is 11.6 Å². The molecule has 0 aliphatic carbocycles. The highest BCUT2D eigenvalue weighted by Crippen LogP contribution is 2.32. The first kappa shape index (κ1) is 19.1. The van der Waals surface area contributed by atoms with Crippen molar-refractivity contribution in [2.75, 3.05) is 37.0 Å². The molecule has 0 saturated carbocycles. The number of hydrogen-bond donors (Lipinski definition) is 1. The van der Waals surface area contributed by atoms with E-state index < -0.39 is 4.92 Å². The first-order valence-corrected chi connectivity index (χ1v) is 7.28. The number of hydrogen-bond acceptors (Lipinski definition) is 9. The quantitative estimate of drug-likeness (QED) is 0.497. The molecule has 1 rings (SSSR count). The Morgan fingerprint density at radius 3 is 2.50 bits per heavy atom. The van der Waals surface area contributed by atoms with Gasteiger partial charge in [0.25, 0.3) is 0 Å². The lowest BCUT2D eigenvalue weighted by Crippen LogP contribution is -2.28. The summed E-state index contributed by atoms with van der Waals surface area (Å²) in [6.45, 7) is 2.63. The minimum absolute atomic E-state index is 0.0773. The van der Waals surface area contributed by atoms with E-state index >= 15 is 0 Å². The number of methoxy groups -OCH3 is 1. The first-order chi connectivity index (χ1) is 11.5. The Morgan fingerprint density at radius 1 is 1.38 bits per heavy atom. The predicted octanol–water partition coefficient (Wildman–Crippen LogP) is 1.47. The summed E-state index contributed by atoms with van der Waals surface area (Å²) in [5.41, 5.74) is -0.281. The number of nitro groups is 1. The van der Waals surface area contributed by atoms with Crippen LogP contribution in [-0.2, 0) is 4.74 Å². The lowest BCUT2D eigenvalue weighted by Gasteiger charge is -2.22. The number of ether oxygens (including phenoxy) is 1. The van der Waals surface area contributed by atoms with Crippen molar-refractivity contribution in [3.63, 3.8) is 0 Å². The summed E-state index contributed by atoms with van der Waals surface area (Å²) in [4.78, 5) is 20.5. The van der Waals surface area contributed by atoms with Crippen LogP contribution in [0.5, 0.6) is 0 Å². The lowest BCUT2D eigenvalue weighted by molar-refractivity contribution is -0.383. The van der Waals surface area contributed by atoms with Gasteiger partial charge in [-0.3, -0.25) is 10.1 Å². The summed E-state index contributed by atoms with van der Waals surface area (Å²) in [6.07, 6.45) is 1.54.